The smallest absolute Gasteiger partial charge is 0.418 e. The molecule has 6 aromatic rings. The lowest BCUT2D eigenvalue weighted by Crippen LogP contribution is -2.02. The Labute approximate surface area is 291 Å². The summed E-state index contributed by atoms with van der Waals surface area (Å²) in [4.78, 5) is 0. The van der Waals surface area contributed by atoms with Crippen LogP contribution in [0.2, 0.25) is 0 Å². The van der Waals surface area contributed by atoms with E-state index in [1.54, 1.807) is 0 Å². The third-order valence-corrected chi connectivity index (χ3v) is 12.4. The van der Waals surface area contributed by atoms with Crippen LogP contribution in [0.3, 0.4) is 0 Å². The van der Waals surface area contributed by atoms with Gasteiger partial charge in [-0.05, 0) is 70.4 Å². The topological polar surface area (TPSA) is 0 Å². The Morgan fingerprint density at radius 3 is 0.510 bits per heavy atom. The molecule has 0 atom stereocenters. The molecule has 0 N–H and O–H groups in total. The van der Waals surface area contributed by atoms with Crippen LogP contribution < -0.4 is 0 Å². The van der Waals surface area contributed by atoms with Crippen molar-refractivity contribution in [2.75, 3.05) is 0 Å². The average molecular weight is 696 g/mol. The summed E-state index contributed by atoms with van der Waals surface area (Å²) < 4.78 is 39.0. The molecule has 0 aliphatic rings. The van der Waals surface area contributed by atoms with Gasteiger partial charge in [-0.15, -0.1) is 0 Å². The molecular weight excluding hydrogens is 653 g/mol. The van der Waals surface area contributed by atoms with E-state index in [4.69, 9.17) is 0 Å². The molecule has 0 saturated heterocycles. The first-order chi connectivity index (χ1) is 23.8. The average Bonchev–Trinajstić information content (AvgIpc) is 3.11. The van der Waals surface area contributed by atoms with Gasteiger partial charge < -0.3 is 17.3 Å². The molecule has 6 aromatic carbocycles. The molecule has 6 rings (SSSR count). The predicted molar refractivity (Wildman–Crippen MR) is 205 cm³/mol. The fraction of sp³-hybridized carbons (Fsp3) is 0.143. The van der Waals surface area contributed by atoms with Gasteiger partial charge in [0.1, 0.15) is 0 Å². The summed E-state index contributed by atoms with van der Waals surface area (Å²) in [5.41, 5.74) is 8.75. The molecule has 49 heavy (non-hydrogen) atoms. The van der Waals surface area contributed by atoms with E-state index in [2.05, 4.69) is 182 Å². The molecule has 0 aliphatic carbocycles. The Hall–Kier alpha value is -4.04. The van der Waals surface area contributed by atoms with Crippen LogP contribution in [0.15, 0.2) is 182 Å². The van der Waals surface area contributed by atoms with E-state index in [-0.39, 0.29) is 15.8 Å². The van der Waals surface area contributed by atoms with Crippen LogP contribution in [0.4, 0.5) is 17.3 Å². The summed E-state index contributed by atoms with van der Waals surface area (Å²) in [7, 11) is -6.18. The molecule has 0 nitrogen and oxygen atoms in total. The molecule has 0 unspecified atom stereocenters. The van der Waals surface area contributed by atoms with Crippen molar-refractivity contribution < 1.29 is 17.3 Å². The van der Waals surface area contributed by atoms with Crippen molar-refractivity contribution in [3.8, 4) is 0 Å². The van der Waals surface area contributed by atoms with Crippen LogP contribution in [0.5, 0.6) is 0 Å². The summed E-state index contributed by atoms with van der Waals surface area (Å²) in [6.07, 6.45) is 7.17. The van der Waals surface area contributed by atoms with E-state index in [1.165, 1.54) is 70.4 Å². The Morgan fingerprint density at radius 1 is 0.265 bits per heavy atom. The molecule has 0 aromatic heterocycles. The van der Waals surface area contributed by atoms with E-state index in [0.29, 0.717) is 0 Å². The van der Waals surface area contributed by atoms with Gasteiger partial charge in [0.2, 0.25) is 0 Å². The van der Waals surface area contributed by atoms with E-state index < -0.39 is 7.25 Å². The first kappa shape index (κ1) is 37.8. The molecule has 0 fully saturated rings. The van der Waals surface area contributed by atoms with Gasteiger partial charge in [-0.3, -0.25) is 0 Å². The minimum absolute atomic E-state index is 0.0895. The molecule has 0 radical (unpaired) electrons. The van der Waals surface area contributed by atoms with Crippen molar-refractivity contribution in [2.45, 2.75) is 37.0 Å². The summed E-state index contributed by atoms with van der Waals surface area (Å²) in [6, 6.07) is 65.4. The number of hydrogen-bond acceptors (Lipinski definition) is 0. The van der Waals surface area contributed by atoms with Crippen molar-refractivity contribution in [3.05, 3.63) is 215 Å². The monoisotopic (exact) mass is 695 g/mol. The standard InChI is InChI=1S/2C21H21P.BF4/c2*1-4-10-19(11-5-1)16-22(17-20-12-6-2-7-13-20)18-21-14-8-3-9-15-21;2-1(3,4)5/h2*1-15H,16-18H2;/q;;-1. The van der Waals surface area contributed by atoms with Crippen LogP contribution in [0.25, 0.3) is 0 Å². The van der Waals surface area contributed by atoms with Gasteiger partial charge in [0.25, 0.3) is 0 Å². The highest BCUT2D eigenvalue weighted by molar-refractivity contribution is 7.55. The third kappa shape index (κ3) is 16.8. The van der Waals surface area contributed by atoms with Crippen LogP contribution in [-0.2, 0) is 37.0 Å². The van der Waals surface area contributed by atoms with Gasteiger partial charge in [-0.1, -0.05) is 198 Å². The third-order valence-electron chi connectivity index (χ3n) is 7.49. The maximum absolute atomic E-state index is 9.75. The fourth-order valence-electron chi connectivity index (χ4n) is 5.39. The second-order valence-electron chi connectivity index (χ2n) is 11.7. The lowest BCUT2D eigenvalue weighted by molar-refractivity contribution is 0.368. The van der Waals surface area contributed by atoms with Crippen LogP contribution in [-0.4, -0.2) is 7.25 Å². The Bertz CT molecular complexity index is 1360. The van der Waals surface area contributed by atoms with Crippen LogP contribution in [0, 0.1) is 0 Å². The highest BCUT2D eigenvalue weighted by Crippen LogP contribution is 2.47. The number of benzene rings is 6. The van der Waals surface area contributed by atoms with Crippen LogP contribution >= 0.6 is 15.8 Å². The quantitative estimate of drug-likeness (QED) is 0.0679. The van der Waals surface area contributed by atoms with Gasteiger partial charge in [0.05, 0.1) is 0 Å². The predicted octanol–water partition coefficient (Wildman–Crippen LogP) is 13.4. The highest BCUT2D eigenvalue weighted by Gasteiger charge is 2.20. The minimum Gasteiger partial charge on any atom is -0.418 e. The van der Waals surface area contributed by atoms with Crippen LogP contribution in [0.1, 0.15) is 33.4 Å². The lowest BCUT2D eigenvalue weighted by atomic mass is 10.2. The number of rotatable bonds is 12. The van der Waals surface area contributed by atoms with Crippen molar-refractivity contribution in [2.24, 2.45) is 0 Å². The zero-order valence-electron chi connectivity index (χ0n) is 27.5. The number of halogens is 4. The summed E-state index contributed by atoms with van der Waals surface area (Å²) in [6.45, 7) is 0. The van der Waals surface area contributed by atoms with Gasteiger partial charge in [-0.2, -0.15) is 0 Å². The van der Waals surface area contributed by atoms with Crippen molar-refractivity contribution >= 4 is 23.1 Å². The van der Waals surface area contributed by atoms with Crippen molar-refractivity contribution in [1.82, 2.24) is 0 Å². The molecule has 0 heterocycles. The second kappa shape index (κ2) is 21.1. The Balaban J connectivity index is 0.000000194. The van der Waals surface area contributed by atoms with Gasteiger partial charge in [-0.25, -0.2) is 0 Å². The van der Waals surface area contributed by atoms with Crippen molar-refractivity contribution in [1.29, 1.82) is 0 Å². The lowest BCUT2D eigenvalue weighted by Gasteiger charge is -2.18. The molecule has 7 heteroatoms. The zero-order valence-corrected chi connectivity index (χ0v) is 29.3. The van der Waals surface area contributed by atoms with E-state index >= 15 is 0 Å². The Kier molecular flexibility index (Phi) is 16.3. The maximum Gasteiger partial charge on any atom is 0.673 e. The normalized spacial score (nSPS) is 10.9. The summed E-state index contributed by atoms with van der Waals surface area (Å²) >= 11 is 0. The Morgan fingerprint density at radius 2 is 0.388 bits per heavy atom. The van der Waals surface area contributed by atoms with Crippen molar-refractivity contribution in [3.63, 3.8) is 0 Å². The SMILES string of the molecule is F[B-](F)(F)F.c1ccc(CP(Cc2ccccc2)Cc2ccccc2)cc1.c1ccc(CP(Cc2ccccc2)Cc2ccccc2)cc1. The molecule has 0 aliphatic heterocycles. The number of hydrogen-bond donors (Lipinski definition) is 0. The summed E-state index contributed by atoms with van der Waals surface area (Å²) in [5.74, 6) is 0. The second-order valence-corrected chi connectivity index (χ2v) is 16.3. The molecule has 0 spiro atoms. The van der Waals surface area contributed by atoms with Gasteiger partial charge in [0.15, 0.2) is 0 Å². The van der Waals surface area contributed by atoms with E-state index in [1.807, 2.05) is 0 Å². The highest BCUT2D eigenvalue weighted by atomic mass is 31.1. The molecule has 252 valence electrons. The maximum atomic E-state index is 9.75. The molecule has 0 bridgehead atoms. The molecular formula is C42H42BF4P2-. The van der Waals surface area contributed by atoms with E-state index in [9.17, 15) is 17.3 Å². The first-order valence-corrected chi connectivity index (χ1v) is 20.2. The summed E-state index contributed by atoms with van der Waals surface area (Å²) in [5, 5.41) is 0. The largest absolute Gasteiger partial charge is 0.673 e. The fourth-order valence-corrected chi connectivity index (χ4v) is 10.4. The molecule has 0 amide bonds. The minimum atomic E-state index is -6.00. The molecule has 0 saturated carbocycles. The first-order valence-electron chi connectivity index (χ1n) is 16.4. The van der Waals surface area contributed by atoms with Gasteiger partial charge in [0, 0.05) is 0 Å². The van der Waals surface area contributed by atoms with Gasteiger partial charge >= 0.3 is 7.25 Å². The zero-order chi connectivity index (χ0) is 34.6. The van der Waals surface area contributed by atoms with E-state index in [0.717, 1.165) is 0 Å².